The van der Waals surface area contributed by atoms with Gasteiger partial charge in [-0.3, -0.25) is 0 Å². The van der Waals surface area contributed by atoms with E-state index in [4.69, 9.17) is 4.74 Å². The monoisotopic (exact) mass is 738 g/mol. The van der Waals surface area contributed by atoms with E-state index in [1.54, 1.807) is 0 Å². The summed E-state index contributed by atoms with van der Waals surface area (Å²) in [6.45, 7) is 0. The molecule has 2 aromatic heterocycles. The van der Waals surface area contributed by atoms with Crippen LogP contribution in [-0.4, -0.2) is 9.13 Å². The van der Waals surface area contributed by atoms with Gasteiger partial charge in [0.15, 0.2) is 0 Å². The molecule has 0 saturated carbocycles. The van der Waals surface area contributed by atoms with Crippen molar-refractivity contribution in [2.75, 3.05) is 0 Å². The number of hydrogen-bond donors (Lipinski definition) is 0. The fourth-order valence-electron chi connectivity index (χ4n) is 10.5. The van der Waals surface area contributed by atoms with Crippen molar-refractivity contribution in [2.24, 2.45) is 0 Å². The molecule has 0 unspecified atom stereocenters. The molecule has 9 aromatic carbocycles. The van der Waals surface area contributed by atoms with Crippen molar-refractivity contribution < 1.29 is 4.74 Å². The normalized spacial score (nSPS) is 13.4. The lowest BCUT2D eigenvalue weighted by molar-refractivity contribution is 0.436. The standard InChI is InChI=1S/C55H34N2O/c1-3-16-36(17-4-1)56-48-26-11-7-20-39(48)41-32-35(30-31-50(41)56)38-22-15-25-46-54(38)43-33-42-40-21-8-12-27-49(40)57(37-18-5-2-6-19-37)51(42)34-47(43)55(46)44-23-9-13-28-52(44)58-53-29-14-10-24-45(53)55/h1-34H. The van der Waals surface area contributed by atoms with Gasteiger partial charge in [0.05, 0.1) is 27.5 Å². The molecule has 0 amide bonds. The van der Waals surface area contributed by atoms with Gasteiger partial charge >= 0.3 is 0 Å². The van der Waals surface area contributed by atoms with Crippen LogP contribution in [0.5, 0.6) is 11.5 Å². The van der Waals surface area contributed by atoms with E-state index in [2.05, 4.69) is 215 Å². The Morgan fingerprint density at radius 1 is 0.328 bits per heavy atom. The highest BCUT2D eigenvalue weighted by Gasteiger charge is 2.52. The lowest BCUT2D eigenvalue weighted by atomic mass is 9.66. The lowest BCUT2D eigenvalue weighted by Gasteiger charge is -2.39. The van der Waals surface area contributed by atoms with Crippen molar-refractivity contribution in [1.82, 2.24) is 9.13 Å². The molecule has 1 aliphatic heterocycles. The summed E-state index contributed by atoms with van der Waals surface area (Å²) < 4.78 is 11.6. The first-order chi connectivity index (χ1) is 28.8. The second-order valence-electron chi connectivity index (χ2n) is 15.6. The largest absolute Gasteiger partial charge is 0.457 e. The van der Waals surface area contributed by atoms with Gasteiger partial charge in [-0.1, -0.05) is 133 Å². The highest BCUT2D eigenvalue weighted by molar-refractivity contribution is 6.14. The fourth-order valence-corrected chi connectivity index (χ4v) is 10.5. The first-order valence-corrected chi connectivity index (χ1v) is 20.0. The zero-order valence-corrected chi connectivity index (χ0v) is 31.4. The zero-order valence-electron chi connectivity index (χ0n) is 31.4. The second kappa shape index (κ2) is 11.7. The van der Waals surface area contributed by atoms with Gasteiger partial charge in [0, 0.05) is 44.0 Å². The number of nitrogens with zero attached hydrogens (tertiary/aromatic N) is 2. The Morgan fingerprint density at radius 3 is 1.50 bits per heavy atom. The molecule has 0 atom stereocenters. The number of fused-ring (bicyclic) bond motifs is 15. The van der Waals surface area contributed by atoms with Gasteiger partial charge in [0.1, 0.15) is 11.5 Å². The fraction of sp³-hybridized carbons (Fsp3) is 0.0182. The number of ether oxygens (including phenoxy) is 1. The second-order valence-corrected chi connectivity index (χ2v) is 15.6. The molecule has 11 aromatic rings. The molecular formula is C55H34N2O. The lowest BCUT2D eigenvalue weighted by Crippen LogP contribution is -2.32. The summed E-state index contributed by atoms with van der Waals surface area (Å²) >= 11 is 0. The first kappa shape index (κ1) is 31.6. The van der Waals surface area contributed by atoms with Gasteiger partial charge in [0.25, 0.3) is 0 Å². The summed E-state index contributed by atoms with van der Waals surface area (Å²) in [7, 11) is 0. The molecule has 3 heteroatoms. The first-order valence-electron chi connectivity index (χ1n) is 20.0. The van der Waals surface area contributed by atoms with Crippen molar-refractivity contribution in [3.8, 4) is 45.1 Å². The highest BCUT2D eigenvalue weighted by atomic mass is 16.5. The highest BCUT2D eigenvalue weighted by Crippen LogP contribution is 2.64. The summed E-state index contributed by atoms with van der Waals surface area (Å²) in [5.41, 5.74) is 16.3. The van der Waals surface area contributed by atoms with E-state index in [1.165, 1.54) is 77.0 Å². The molecule has 3 nitrogen and oxygen atoms in total. The molecule has 0 N–H and O–H groups in total. The molecule has 0 fully saturated rings. The van der Waals surface area contributed by atoms with E-state index < -0.39 is 5.41 Å². The van der Waals surface area contributed by atoms with E-state index in [1.807, 2.05) is 0 Å². The molecule has 58 heavy (non-hydrogen) atoms. The van der Waals surface area contributed by atoms with Gasteiger partial charge in [-0.2, -0.15) is 0 Å². The van der Waals surface area contributed by atoms with Crippen molar-refractivity contribution in [1.29, 1.82) is 0 Å². The van der Waals surface area contributed by atoms with Gasteiger partial charge < -0.3 is 13.9 Å². The predicted octanol–water partition coefficient (Wildman–Crippen LogP) is 14.0. The molecule has 2 aliphatic rings. The Hall–Kier alpha value is -7.62. The van der Waals surface area contributed by atoms with Gasteiger partial charge in [-0.25, -0.2) is 0 Å². The maximum Gasteiger partial charge on any atom is 0.132 e. The average molecular weight is 739 g/mol. The number of benzene rings is 9. The molecule has 3 heterocycles. The van der Waals surface area contributed by atoms with E-state index in [-0.39, 0.29) is 0 Å². The smallest absolute Gasteiger partial charge is 0.132 e. The van der Waals surface area contributed by atoms with E-state index >= 15 is 0 Å². The zero-order chi connectivity index (χ0) is 38.0. The summed E-state index contributed by atoms with van der Waals surface area (Å²) in [5, 5.41) is 4.97. The Morgan fingerprint density at radius 2 is 0.845 bits per heavy atom. The van der Waals surface area contributed by atoms with Crippen LogP contribution in [0.3, 0.4) is 0 Å². The van der Waals surface area contributed by atoms with Crippen molar-refractivity contribution in [3.63, 3.8) is 0 Å². The molecule has 1 aliphatic carbocycles. The van der Waals surface area contributed by atoms with Crippen LogP contribution in [0.1, 0.15) is 22.3 Å². The number of rotatable bonds is 3. The van der Waals surface area contributed by atoms with Crippen LogP contribution in [0, 0.1) is 0 Å². The molecular weight excluding hydrogens is 705 g/mol. The van der Waals surface area contributed by atoms with E-state index in [0.717, 1.165) is 34.0 Å². The molecule has 270 valence electrons. The van der Waals surface area contributed by atoms with Gasteiger partial charge in [-0.05, 0) is 106 Å². The van der Waals surface area contributed by atoms with Crippen LogP contribution in [0.2, 0.25) is 0 Å². The number of para-hydroxylation sites is 6. The van der Waals surface area contributed by atoms with Crippen molar-refractivity contribution >= 4 is 43.6 Å². The third-order valence-corrected chi connectivity index (χ3v) is 12.8. The average Bonchev–Trinajstić information content (AvgIpc) is 3.90. The van der Waals surface area contributed by atoms with Crippen molar-refractivity contribution in [2.45, 2.75) is 5.41 Å². The van der Waals surface area contributed by atoms with Crippen molar-refractivity contribution in [3.05, 3.63) is 229 Å². The maximum absolute atomic E-state index is 6.76. The minimum atomic E-state index is -0.619. The molecule has 1 spiro atoms. The maximum atomic E-state index is 6.76. The summed E-state index contributed by atoms with van der Waals surface area (Å²) in [5.74, 6) is 1.79. The minimum absolute atomic E-state index is 0.619. The Bertz CT molecular complexity index is 3440. The van der Waals surface area contributed by atoms with Crippen LogP contribution in [0.15, 0.2) is 206 Å². The van der Waals surface area contributed by atoms with E-state index in [9.17, 15) is 0 Å². The van der Waals surface area contributed by atoms with Gasteiger partial charge in [-0.15, -0.1) is 0 Å². The Labute approximate surface area is 335 Å². The molecule has 0 radical (unpaired) electrons. The third kappa shape index (κ3) is 4.07. The summed E-state index contributed by atoms with van der Waals surface area (Å²) in [6, 6.07) is 75.4. The Balaban J connectivity index is 1.17. The van der Waals surface area contributed by atoms with Crippen LogP contribution in [0.25, 0.3) is 77.2 Å². The summed E-state index contributed by atoms with van der Waals surface area (Å²) in [6.07, 6.45) is 0. The number of aromatic nitrogens is 2. The van der Waals surface area contributed by atoms with Crippen LogP contribution >= 0.6 is 0 Å². The van der Waals surface area contributed by atoms with Gasteiger partial charge in [0.2, 0.25) is 0 Å². The predicted molar refractivity (Wildman–Crippen MR) is 238 cm³/mol. The molecule has 0 bridgehead atoms. The number of hydrogen-bond acceptors (Lipinski definition) is 1. The quantitative estimate of drug-likeness (QED) is 0.177. The third-order valence-electron chi connectivity index (χ3n) is 12.8. The molecule has 13 rings (SSSR count). The van der Waals surface area contributed by atoms with E-state index in [0.29, 0.717) is 0 Å². The topological polar surface area (TPSA) is 19.1 Å². The Kier molecular flexibility index (Phi) is 6.37. The SMILES string of the molecule is c1ccc(-n2c3ccccc3c3cc(-c4cccc5c4-c4cc6c7ccccc7n(-c7ccccc7)c6cc4C54c5ccccc5Oc5ccccc54)ccc32)cc1. The molecule has 0 saturated heterocycles. The summed E-state index contributed by atoms with van der Waals surface area (Å²) in [4.78, 5) is 0. The van der Waals surface area contributed by atoms with Crippen LogP contribution < -0.4 is 4.74 Å². The van der Waals surface area contributed by atoms with Crippen LogP contribution in [0.4, 0.5) is 0 Å². The minimum Gasteiger partial charge on any atom is -0.457 e. The van der Waals surface area contributed by atoms with Crippen LogP contribution in [-0.2, 0) is 5.41 Å².